The molecule has 3 aromatic carbocycles. The van der Waals surface area contributed by atoms with Gasteiger partial charge in [-0.3, -0.25) is 4.79 Å². The lowest BCUT2D eigenvalue weighted by molar-refractivity contribution is 0.102. The minimum absolute atomic E-state index is 0.124. The molecule has 168 valence electrons. The molecule has 0 fully saturated rings. The van der Waals surface area contributed by atoms with Crippen LogP contribution in [0.1, 0.15) is 21.5 Å². The maximum atomic E-state index is 13.2. The van der Waals surface area contributed by atoms with E-state index < -0.39 is 5.63 Å². The molecule has 1 amide bonds. The monoisotopic (exact) mass is 453 g/mol. The summed E-state index contributed by atoms with van der Waals surface area (Å²) in [5.41, 5.74) is 3.90. The van der Waals surface area contributed by atoms with Gasteiger partial charge in [-0.2, -0.15) is 0 Å². The number of anilines is 1. The summed E-state index contributed by atoms with van der Waals surface area (Å²) in [6.07, 6.45) is 0. The zero-order valence-electron chi connectivity index (χ0n) is 18.4. The molecule has 0 unspecified atom stereocenters. The predicted molar refractivity (Wildman–Crippen MR) is 128 cm³/mol. The molecule has 0 radical (unpaired) electrons. The number of rotatable bonds is 3. The highest BCUT2D eigenvalue weighted by atomic mass is 16.7. The molecule has 6 rings (SSSR count). The lowest BCUT2D eigenvalue weighted by Crippen LogP contribution is -2.12. The van der Waals surface area contributed by atoms with Crippen molar-refractivity contribution < 1.29 is 23.1 Å². The lowest BCUT2D eigenvalue weighted by atomic mass is 10.0. The molecule has 3 heterocycles. The van der Waals surface area contributed by atoms with E-state index >= 15 is 0 Å². The second-order valence-corrected chi connectivity index (χ2v) is 8.19. The van der Waals surface area contributed by atoms with Gasteiger partial charge in [0, 0.05) is 28.0 Å². The van der Waals surface area contributed by atoms with Gasteiger partial charge in [-0.15, -0.1) is 0 Å². The number of ether oxygens (including phenoxy) is 2. The minimum Gasteiger partial charge on any atom is -0.454 e. The molecule has 1 aliphatic heterocycles. The summed E-state index contributed by atoms with van der Waals surface area (Å²) in [5.74, 6) is 1.16. The predicted octanol–water partition coefficient (Wildman–Crippen LogP) is 5.80. The Hall–Kier alpha value is -4.52. The van der Waals surface area contributed by atoms with E-state index in [1.807, 2.05) is 50.2 Å². The number of furan rings is 1. The van der Waals surface area contributed by atoms with E-state index in [2.05, 4.69) is 5.32 Å². The summed E-state index contributed by atoms with van der Waals surface area (Å²) < 4.78 is 22.5. The molecule has 0 saturated carbocycles. The maximum Gasteiger partial charge on any atom is 0.336 e. The lowest BCUT2D eigenvalue weighted by Gasteiger charge is -2.10. The maximum absolute atomic E-state index is 13.2. The molecule has 34 heavy (non-hydrogen) atoms. The van der Waals surface area contributed by atoms with E-state index in [1.54, 1.807) is 18.2 Å². The third kappa shape index (κ3) is 3.13. The van der Waals surface area contributed by atoms with Crippen molar-refractivity contribution >= 4 is 33.5 Å². The van der Waals surface area contributed by atoms with Crippen molar-refractivity contribution in [2.75, 3.05) is 12.1 Å². The first-order chi connectivity index (χ1) is 16.5. The van der Waals surface area contributed by atoms with E-state index in [0.29, 0.717) is 45.2 Å². The van der Waals surface area contributed by atoms with E-state index in [4.69, 9.17) is 18.3 Å². The standard InChI is InChI=1S/C27H19NO6/c1-14-7-9-17-19(12-23(29)34-25(17)15(14)2)26-24(18-5-3-4-6-20(18)33-26)28-27(30)16-8-10-21-22(11-16)32-13-31-21/h3-12H,13H2,1-2H3,(H,28,30). The van der Waals surface area contributed by atoms with E-state index in [0.717, 1.165) is 21.9 Å². The number of para-hydroxylation sites is 1. The summed E-state index contributed by atoms with van der Waals surface area (Å²) in [4.78, 5) is 25.7. The number of aryl methyl sites for hydroxylation is 2. The van der Waals surface area contributed by atoms with Crippen molar-refractivity contribution in [1.82, 2.24) is 0 Å². The molecule has 0 aliphatic carbocycles. The van der Waals surface area contributed by atoms with Crippen molar-refractivity contribution in [3.8, 4) is 22.8 Å². The second kappa shape index (κ2) is 7.52. The Bertz CT molecular complexity index is 1680. The van der Waals surface area contributed by atoms with Gasteiger partial charge in [0.1, 0.15) is 11.2 Å². The molecule has 5 aromatic rings. The van der Waals surface area contributed by atoms with Gasteiger partial charge in [0.25, 0.3) is 5.91 Å². The van der Waals surface area contributed by atoms with Gasteiger partial charge in [0.05, 0.1) is 5.69 Å². The molecule has 0 spiro atoms. The highest BCUT2D eigenvalue weighted by Crippen LogP contribution is 2.41. The van der Waals surface area contributed by atoms with Gasteiger partial charge >= 0.3 is 5.63 Å². The van der Waals surface area contributed by atoms with Gasteiger partial charge in [-0.25, -0.2) is 4.79 Å². The van der Waals surface area contributed by atoms with Crippen LogP contribution in [0, 0.1) is 13.8 Å². The molecule has 1 N–H and O–H groups in total. The molecule has 0 saturated heterocycles. The first-order valence-electron chi connectivity index (χ1n) is 10.8. The molecule has 1 aliphatic rings. The Labute approximate surface area is 193 Å². The van der Waals surface area contributed by atoms with Crippen LogP contribution in [0.3, 0.4) is 0 Å². The number of carbonyl (C=O) groups excluding carboxylic acids is 1. The molecular weight excluding hydrogens is 434 g/mol. The summed E-state index contributed by atoms with van der Waals surface area (Å²) in [6, 6.07) is 17.7. The number of amides is 1. The van der Waals surface area contributed by atoms with Crippen molar-refractivity contribution in [2.24, 2.45) is 0 Å². The highest BCUT2D eigenvalue weighted by molar-refractivity contribution is 6.13. The SMILES string of the molecule is Cc1ccc2c(-c3oc4ccccc4c3NC(=O)c3ccc4c(c3)OCO4)cc(=O)oc2c1C. The van der Waals surface area contributed by atoms with Crippen LogP contribution in [-0.4, -0.2) is 12.7 Å². The van der Waals surface area contributed by atoms with E-state index in [1.165, 1.54) is 6.07 Å². The number of fused-ring (bicyclic) bond motifs is 3. The molecule has 0 atom stereocenters. The van der Waals surface area contributed by atoms with Crippen LogP contribution in [0.15, 0.2) is 74.3 Å². The van der Waals surface area contributed by atoms with Crippen LogP contribution in [0.4, 0.5) is 5.69 Å². The van der Waals surface area contributed by atoms with Crippen LogP contribution in [0.2, 0.25) is 0 Å². The fourth-order valence-corrected chi connectivity index (χ4v) is 4.23. The van der Waals surface area contributed by atoms with Crippen molar-refractivity contribution in [3.05, 3.63) is 87.8 Å². The van der Waals surface area contributed by atoms with Crippen LogP contribution in [-0.2, 0) is 0 Å². The third-order valence-electron chi connectivity index (χ3n) is 6.15. The van der Waals surface area contributed by atoms with Crippen LogP contribution >= 0.6 is 0 Å². The number of carbonyl (C=O) groups is 1. The van der Waals surface area contributed by atoms with Crippen molar-refractivity contribution in [1.29, 1.82) is 0 Å². The van der Waals surface area contributed by atoms with E-state index in [-0.39, 0.29) is 12.7 Å². The summed E-state index contributed by atoms with van der Waals surface area (Å²) in [5, 5.41) is 4.43. The zero-order chi connectivity index (χ0) is 23.4. The minimum atomic E-state index is -0.496. The topological polar surface area (TPSA) is 90.9 Å². The smallest absolute Gasteiger partial charge is 0.336 e. The Morgan fingerprint density at radius 1 is 0.882 bits per heavy atom. The van der Waals surface area contributed by atoms with Gasteiger partial charge in [0.2, 0.25) is 6.79 Å². The Kier molecular flexibility index (Phi) is 4.45. The molecule has 2 aromatic heterocycles. The number of nitrogens with one attached hydrogen (secondary N) is 1. The number of hydrogen-bond donors (Lipinski definition) is 1. The third-order valence-corrected chi connectivity index (χ3v) is 6.15. The first kappa shape index (κ1) is 20.1. The summed E-state index contributed by atoms with van der Waals surface area (Å²) in [7, 11) is 0. The largest absolute Gasteiger partial charge is 0.454 e. The fourth-order valence-electron chi connectivity index (χ4n) is 4.23. The van der Waals surface area contributed by atoms with Crippen LogP contribution in [0.5, 0.6) is 11.5 Å². The highest BCUT2D eigenvalue weighted by Gasteiger charge is 2.23. The zero-order valence-corrected chi connectivity index (χ0v) is 18.4. The van der Waals surface area contributed by atoms with Gasteiger partial charge in [-0.05, 0) is 55.3 Å². The van der Waals surface area contributed by atoms with Gasteiger partial charge in [0.15, 0.2) is 17.3 Å². The molecule has 0 bridgehead atoms. The fraction of sp³-hybridized carbons (Fsp3) is 0.111. The van der Waals surface area contributed by atoms with Crippen LogP contribution in [0.25, 0.3) is 33.3 Å². The van der Waals surface area contributed by atoms with Crippen LogP contribution < -0.4 is 20.4 Å². The Morgan fingerprint density at radius 2 is 1.71 bits per heavy atom. The Morgan fingerprint density at radius 3 is 2.59 bits per heavy atom. The molecule has 7 nitrogen and oxygen atoms in total. The van der Waals surface area contributed by atoms with E-state index in [9.17, 15) is 9.59 Å². The number of hydrogen-bond acceptors (Lipinski definition) is 6. The number of benzene rings is 3. The van der Waals surface area contributed by atoms with Gasteiger partial charge < -0.3 is 23.6 Å². The van der Waals surface area contributed by atoms with Crippen molar-refractivity contribution in [2.45, 2.75) is 13.8 Å². The molecule has 7 heteroatoms. The quantitative estimate of drug-likeness (QED) is 0.347. The summed E-state index contributed by atoms with van der Waals surface area (Å²) in [6.45, 7) is 3.99. The first-order valence-corrected chi connectivity index (χ1v) is 10.8. The van der Waals surface area contributed by atoms with Gasteiger partial charge in [-0.1, -0.05) is 24.3 Å². The Balaban J connectivity index is 1.53. The summed E-state index contributed by atoms with van der Waals surface area (Å²) >= 11 is 0. The second-order valence-electron chi connectivity index (χ2n) is 8.19. The van der Waals surface area contributed by atoms with Crippen molar-refractivity contribution in [3.63, 3.8) is 0 Å². The normalized spacial score (nSPS) is 12.4. The average molecular weight is 453 g/mol. The average Bonchev–Trinajstić information content (AvgIpc) is 3.45. The molecular formula is C27H19NO6.